The number of halogens is 1. The van der Waals surface area contributed by atoms with E-state index in [4.69, 9.17) is 4.74 Å². The fraction of sp³-hybridized carbons (Fsp3) is 0.312. The Hall–Kier alpha value is -2.13. The molecule has 7 nitrogen and oxygen atoms in total. The third kappa shape index (κ3) is 4.49. The summed E-state index contributed by atoms with van der Waals surface area (Å²) in [6.45, 7) is 6.83. The first-order chi connectivity index (χ1) is 11.7. The van der Waals surface area contributed by atoms with Crippen LogP contribution in [0.25, 0.3) is 0 Å². The number of carbonyl (C=O) groups excluding carboxylic acids is 3. The predicted molar refractivity (Wildman–Crippen MR) is 97.8 cm³/mol. The minimum Gasteiger partial charge on any atom is -0.459 e. The Labute approximate surface area is 157 Å². The van der Waals surface area contributed by atoms with Gasteiger partial charge < -0.3 is 9.72 Å². The summed E-state index contributed by atoms with van der Waals surface area (Å²) in [5, 5.41) is 0. The van der Waals surface area contributed by atoms with Gasteiger partial charge in [0.15, 0.2) is 0 Å². The number of esters is 1. The molecule has 2 heterocycles. The van der Waals surface area contributed by atoms with Crippen LogP contribution in [0.3, 0.4) is 0 Å². The summed E-state index contributed by atoms with van der Waals surface area (Å²) < 4.78 is 6.00. The highest BCUT2D eigenvalue weighted by Gasteiger charge is 2.24. The molecule has 0 radical (unpaired) electrons. The third-order valence-electron chi connectivity index (χ3n) is 3.30. The molecule has 0 fully saturated rings. The maximum Gasteiger partial charge on any atom is 0.340 e. The van der Waals surface area contributed by atoms with Crippen molar-refractivity contribution in [2.75, 3.05) is 0 Å². The van der Waals surface area contributed by atoms with Crippen molar-refractivity contribution in [1.29, 1.82) is 0 Å². The van der Waals surface area contributed by atoms with Gasteiger partial charge in [-0.15, -0.1) is 11.3 Å². The van der Waals surface area contributed by atoms with E-state index >= 15 is 0 Å². The number of thiophene rings is 1. The number of aryl methyl sites for hydroxylation is 1. The van der Waals surface area contributed by atoms with Crippen LogP contribution in [-0.2, 0) is 4.74 Å². The standard InChI is InChI=1S/C16H18BrN3O4S/c1-7(2)24-16(23)12-8(3)13(18-9(12)4)15(22)20-19-14(21)10-5-6-11(17)25-10/h5-7,18H,1-4H3,(H,19,21)(H,20,22). The number of carbonyl (C=O) groups is 3. The van der Waals surface area contributed by atoms with E-state index in [9.17, 15) is 14.4 Å². The van der Waals surface area contributed by atoms with Crippen molar-refractivity contribution in [3.63, 3.8) is 0 Å². The molecule has 0 saturated carbocycles. The zero-order valence-electron chi connectivity index (χ0n) is 14.2. The summed E-state index contributed by atoms with van der Waals surface area (Å²) in [5.41, 5.74) is 6.20. The number of ether oxygens (including phenoxy) is 1. The molecule has 0 unspecified atom stereocenters. The van der Waals surface area contributed by atoms with Crippen molar-refractivity contribution in [3.8, 4) is 0 Å². The molecule has 0 atom stereocenters. The Morgan fingerprint density at radius 1 is 1.16 bits per heavy atom. The van der Waals surface area contributed by atoms with Crippen molar-refractivity contribution in [2.24, 2.45) is 0 Å². The molecule has 0 aliphatic heterocycles. The smallest absolute Gasteiger partial charge is 0.340 e. The zero-order chi connectivity index (χ0) is 18.7. The molecule has 3 N–H and O–H groups in total. The second-order valence-corrected chi connectivity index (χ2v) is 8.05. The van der Waals surface area contributed by atoms with E-state index in [0.717, 1.165) is 3.79 Å². The molecule has 0 aliphatic rings. The Morgan fingerprint density at radius 3 is 2.36 bits per heavy atom. The van der Waals surface area contributed by atoms with Gasteiger partial charge in [-0.3, -0.25) is 20.4 Å². The highest BCUT2D eigenvalue weighted by atomic mass is 79.9. The van der Waals surface area contributed by atoms with E-state index in [1.807, 2.05) is 0 Å². The number of amides is 2. The van der Waals surface area contributed by atoms with Crippen LogP contribution in [0.4, 0.5) is 0 Å². The maximum atomic E-state index is 12.3. The second-order valence-electron chi connectivity index (χ2n) is 5.59. The first kappa shape index (κ1) is 19.2. The molecule has 0 aliphatic carbocycles. The lowest BCUT2D eigenvalue weighted by Gasteiger charge is -2.08. The Morgan fingerprint density at radius 2 is 1.80 bits per heavy atom. The molecular weight excluding hydrogens is 410 g/mol. The van der Waals surface area contributed by atoms with Crippen molar-refractivity contribution < 1.29 is 19.1 Å². The van der Waals surface area contributed by atoms with E-state index in [2.05, 4.69) is 31.8 Å². The highest BCUT2D eigenvalue weighted by Crippen LogP contribution is 2.22. The summed E-state index contributed by atoms with van der Waals surface area (Å²) in [4.78, 5) is 39.7. The van der Waals surface area contributed by atoms with Gasteiger partial charge in [-0.05, 0) is 61.3 Å². The van der Waals surface area contributed by atoms with E-state index in [0.29, 0.717) is 21.7 Å². The molecule has 2 aromatic rings. The van der Waals surface area contributed by atoms with Crippen LogP contribution < -0.4 is 10.9 Å². The quantitative estimate of drug-likeness (QED) is 0.515. The van der Waals surface area contributed by atoms with Crippen LogP contribution in [0.1, 0.15) is 55.6 Å². The van der Waals surface area contributed by atoms with E-state index < -0.39 is 17.8 Å². The van der Waals surface area contributed by atoms with Crippen molar-refractivity contribution in [1.82, 2.24) is 15.8 Å². The number of aromatic nitrogens is 1. The van der Waals surface area contributed by atoms with Crippen LogP contribution >= 0.6 is 27.3 Å². The molecule has 0 aromatic carbocycles. The van der Waals surface area contributed by atoms with E-state index in [1.54, 1.807) is 39.8 Å². The molecule has 9 heteroatoms. The van der Waals surface area contributed by atoms with E-state index in [1.165, 1.54) is 11.3 Å². The second kappa shape index (κ2) is 7.83. The van der Waals surface area contributed by atoms with Gasteiger partial charge in [-0.25, -0.2) is 4.79 Å². The molecule has 25 heavy (non-hydrogen) atoms. The maximum absolute atomic E-state index is 12.3. The molecule has 134 valence electrons. The lowest BCUT2D eigenvalue weighted by molar-refractivity contribution is 0.0376. The first-order valence-corrected chi connectivity index (χ1v) is 9.07. The van der Waals surface area contributed by atoms with Crippen molar-refractivity contribution >= 4 is 45.1 Å². The molecule has 2 aromatic heterocycles. The van der Waals surface area contributed by atoms with Gasteiger partial charge in [0.25, 0.3) is 11.8 Å². The molecular formula is C16H18BrN3O4S. The van der Waals surface area contributed by atoms with E-state index in [-0.39, 0.29) is 11.8 Å². The summed E-state index contributed by atoms with van der Waals surface area (Å²) >= 11 is 4.52. The average molecular weight is 428 g/mol. The minimum atomic E-state index is -0.548. The lowest BCUT2D eigenvalue weighted by atomic mass is 10.1. The molecule has 2 rings (SSSR count). The van der Waals surface area contributed by atoms with Gasteiger partial charge in [-0.2, -0.15) is 0 Å². The molecule has 0 bridgehead atoms. The van der Waals surface area contributed by atoms with Crippen LogP contribution in [0.15, 0.2) is 15.9 Å². The fourth-order valence-corrected chi connectivity index (χ4v) is 3.51. The monoisotopic (exact) mass is 427 g/mol. The van der Waals surface area contributed by atoms with Crippen LogP contribution in [0.2, 0.25) is 0 Å². The van der Waals surface area contributed by atoms with Gasteiger partial charge in [-0.1, -0.05) is 0 Å². The van der Waals surface area contributed by atoms with Gasteiger partial charge in [0.1, 0.15) is 5.69 Å². The Bertz CT molecular complexity index is 825. The highest BCUT2D eigenvalue weighted by molar-refractivity contribution is 9.11. The van der Waals surface area contributed by atoms with Crippen LogP contribution in [0, 0.1) is 13.8 Å². The number of rotatable bonds is 4. The van der Waals surface area contributed by atoms with Crippen molar-refractivity contribution in [3.05, 3.63) is 43.3 Å². The number of nitrogens with one attached hydrogen (secondary N) is 3. The minimum absolute atomic E-state index is 0.195. The molecule has 2 amide bonds. The van der Waals surface area contributed by atoms with Gasteiger partial charge in [0.2, 0.25) is 0 Å². The van der Waals surface area contributed by atoms with Crippen molar-refractivity contribution in [2.45, 2.75) is 33.8 Å². The first-order valence-electron chi connectivity index (χ1n) is 7.46. The van der Waals surface area contributed by atoms with Gasteiger partial charge in [0, 0.05) is 5.69 Å². The summed E-state index contributed by atoms with van der Waals surface area (Å²) in [5.74, 6) is -1.47. The molecule has 0 saturated heterocycles. The summed E-state index contributed by atoms with van der Waals surface area (Å²) in [6.07, 6.45) is -0.261. The Balaban J connectivity index is 2.09. The Kier molecular flexibility index (Phi) is 6.02. The summed E-state index contributed by atoms with van der Waals surface area (Å²) in [6, 6.07) is 3.38. The number of hydrazine groups is 1. The number of aromatic amines is 1. The average Bonchev–Trinajstić information content (AvgIpc) is 3.07. The third-order valence-corrected chi connectivity index (χ3v) is 4.92. The van der Waals surface area contributed by atoms with Crippen LogP contribution in [-0.4, -0.2) is 28.9 Å². The topological polar surface area (TPSA) is 100 Å². The summed E-state index contributed by atoms with van der Waals surface area (Å²) in [7, 11) is 0. The number of hydrogen-bond acceptors (Lipinski definition) is 5. The molecule has 0 spiro atoms. The fourth-order valence-electron chi connectivity index (χ4n) is 2.23. The van der Waals surface area contributed by atoms with Crippen LogP contribution in [0.5, 0.6) is 0 Å². The largest absolute Gasteiger partial charge is 0.459 e. The SMILES string of the molecule is Cc1[nH]c(C(=O)NNC(=O)c2ccc(Br)s2)c(C)c1C(=O)OC(C)C. The predicted octanol–water partition coefficient (Wildman–Crippen LogP) is 3.10. The lowest BCUT2D eigenvalue weighted by Crippen LogP contribution is -2.41. The number of H-pyrrole nitrogens is 1. The van der Waals surface area contributed by atoms with Gasteiger partial charge >= 0.3 is 5.97 Å². The zero-order valence-corrected chi connectivity index (χ0v) is 16.6. The number of hydrogen-bond donors (Lipinski definition) is 3. The van der Waals surface area contributed by atoms with Gasteiger partial charge in [0.05, 0.1) is 20.3 Å². The normalized spacial score (nSPS) is 10.6.